The first kappa shape index (κ1) is 7.92. The van der Waals surface area contributed by atoms with Crippen molar-refractivity contribution in [3.8, 4) is 0 Å². The van der Waals surface area contributed by atoms with Gasteiger partial charge in [-0.05, 0) is 12.8 Å². The molecule has 0 aliphatic carbocycles. The molecule has 8 heavy (non-hydrogen) atoms. The van der Waals surface area contributed by atoms with E-state index in [9.17, 15) is 0 Å². The van der Waals surface area contributed by atoms with Gasteiger partial charge in [0, 0.05) is 6.04 Å². The second-order valence-electron chi connectivity index (χ2n) is 2.56. The third-order valence-corrected chi connectivity index (χ3v) is 1.33. The lowest BCUT2D eigenvalue weighted by Crippen LogP contribution is -2.36. The van der Waals surface area contributed by atoms with Gasteiger partial charge in [0.05, 0.1) is 6.10 Å². The Morgan fingerprint density at radius 1 is 1.25 bits per heavy atom. The first-order valence-corrected chi connectivity index (χ1v) is 2.99. The summed E-state index contributed by atoms with van der Waals surface area (Å²) < 4.78 is 0. The van der Waals surface area contributed by atoms with Crippen LogP contribution < -0.4 is 5.73 Å². The third-order valence-electron chi connectivity index (χ3n) is 1.33. The lowest BCUT2D eigenvalue weighted by molar-refractivity contribution is 0.142. The molecule has 3 N–H and O–H groups in total. The van der Waals surface area contributed by atoms with Crippen molar-refractivity contribution < 1.29 is 5.11 Å². The van der Waals surface area contributed by atoms with Crippen LogP contribution >= 0.6 is 0 Å². The smallest absolute Gasteiger partial charge is 0.0665 e. The molecular weight excluding hydrogens is 102 g/mol. The molecule has 50 valence electrons. The zero-order chi connectivity index (χ0) is 6.73. The van der Waals surface area contributed by atoms with Crippen LogP contribution in [0.5, 0.6) is 0 Å². The van der Waals surface area contributed by atoms with Crippen LogP contribution in [0.1, 0.15) is 20.8 Å². The highest BCUT2D eigenvalue weighted by atomic mass is 16.3. The SMILES string of the molecule is CC(C)[C@@H](N)[C@H](C)O. The van der Waals surface area contributed by atoms with Gasteiger partial charge < -0.3 is 10.8 Å². The monoisotopic (exact) mass is 117 g/mol. The number of hydrogen-bond acceptors (Lipinski definition) is 2. The molecule has 0 saturated carbocycles. The Labute approximate surface area is 50.7 Å². The molecule has 2 atom stereocenters. The zero-order valence-electron chi connectivity index (χ0n) is 5.76. The molecular formula is C6H15NO. The first-order valence-electron chi connectivity index (χ1n) is 2.99. The zero-order valence-corrected chi connectivity index (χ0v) is 5.76. The minimum atomic E-state index is -0.380. The van der Waals surface area contributed by atoms with Crippen molar-refractivity contribution in [2.75, 3.05) is 0 Å². The Hall–Kier alpha value is -0.0800. The lowest BCUT2D eigenvalue weighted by atomic mass is 10.0. The van der Waals surface area contributed by atoms with E-state index in [0.717, 1.165) is 0 Å². The second kappa shape index (κ2) is 3.05. The maximum atomic E-state index is 8.87. The largest absolute Gasteiger partial charge is 0.392 e. The van der Waals surface area contributed by atoms with Crippen LogP contribution in [-0.4, -0.2) is 17.3 Å². The molecule has 0 aromatic rings. The Morgan fingerprint density at radius 2 is 1.62 bits per heavy atom. The predicted molar refractivity (Wildman–Crippen MR) is 34.5 cm³/mol. The van der Waals surface area contributed by atoms with Gasteiger partial charge in [-0.25, -0.2) is 0 Å². The molecule has 0 rings (SSSR count). The van der Waals surface area contributed by atoms with E-state index in [0.29, 0.717) is 5.92 Å². The van der Waals surface area contributed by atoms with E-state index in [4.69, 9.17) is 10.8 Å². The molecule has 0 saturated heterocycles. The summed E-state index contributed by atoms with van der Waals surface area (Å²) in [5.41, 5.74) is 5.51. The summed E-state index contributed by atoms with van der Waals surface area (Å²) in [6, 6.07) is -0.0741. The van der Waals surface area contributed by atoms with E-state index in [1.807, 2.05) is 13.8 Å². The normalized spacial score (nSPS) is 18.8. The van der Waals surface area contributed by atoms with Crippen LogP contribution in [0.2, 0.25) is 0 Å². The van der Waals surface area contributed by atoms with Crippen molar-refractivity contribution in [2.24, 2.45) is 11.7 Å². The highest BCUT2D eigenvalue weighted by molar-refractivity contribution is 4.69. The summed E-state index contributed by atoms with van der Waals surface area (Å²) in [5.74, 6) is 0.370. The van der Waals surface area contributed by atoms with Crippen molar-refractivity contribution in [1.29, 1.82) is 0 Å². The van der Waals surface area contributed by atoms with Gasteiger partial charge in [-0.3, -0.25) is 0 Å². The number of hydrogen-bond donors (Lipinski definition) is 2. The molecule has 0 spiro atoms. The van der Waals surface area contributed by atoms with Gasteiger partial charge >= 0.3 is 0 Å². The Morgan fingerprint density at radius 3 is 1.62 bits per heavy atom. The summed E-state index contributed by atoms with van der Waals surface area (Å²) in [4.78, 5) is 0. The van der Waals surface area contributed by atoms with E-state index >= 15 is 0 Å². The fraction of sp³-hybridized carbons (Fsp3) is 1.00. The average Bonchev–Trinajstić information content (AvgIpc) is 1.64. The lowest BCUT2D eigenvalue weighted by Gasteiger charge is -2.17. The second-order valence-corrected chi connectivity index (χ2v) is 2.56. The summed E-state index contributed by atoms with van der Waals surface area (Å²) in [6.45, 7) is 5.71. The van der Waals surface area contributed by atoms with Crippen LogP contribution in [0.3, 0.4) is 0 Å². The Kier molecular flexibility index (Phi) is 3.02. The molecule has 0 aromatic heterocycles. The maximum absolute atomic E-state index is 8.87. The van der Waals surface area contributed by atoms with Crippen molar-refractivity contribution in [1.82, 2.24) is 0 Å². The van der Waals surface area contributed by atoms with Gasteiger partial charge in [-0.2, -0.15) is 0 Å². The van der Waals surface area contributed by atoms with Gasteiger partial charge in [0.25, 0.3) is 0 Å². The summed E-state index contributed by atoms with van der Waals surface area (Å²) in [6.07, 6.45) is -0.380. The topological polar surface area (TPSA) is 46.2 Å². The predicted octanol–water partition coefficient (Wildman–Crippen LogP) is 0.350. The molecule has 0 aliphatic heterocycles. The molecule has 0 aliphatic rings. The van der Waals surface area contributed by atoms with Gasteiger partial charge in [0.2, 0.25) is 0 Å². The molecule has 0 radical (unpaired) electrons. The van der Waals surface area contributed by atoms with Crippen molar-refractivity contribution >= 4 is 0 Å². The minimum absolute atomic E-state index is 0.0741. The van der Waals surface area contributed by atoms with Gasteiger partial charge in [0.1, 0.15) is 0 Å². The minimum Gasteiger partial charge on any atom is -0.392 e. The molecule has 0 amide bonds. The maximum Gasteiger partial charge on any atom is 0.0665 e. The summed E-state index contributed by atoms with van der Waals surface area (Å²) in [5, 5.41) is 8.87. The number of aliphatic hydroxyl groups excluding tert-OH is 1. The van der Waals surface area contributed by atoms with Crippen LogP contribution in [0.4, 0.5) is 0 Å². The summed E-state index contributed by atoms with van der Waals surface area (Å²) >= 11 is 0. The number of rotatable bonds is 2. The van der Waals surface area contributed by atoms with E-state index in [1.165, 1.54) is 0 Å². The molecule has 0 bridgehead atoms. The van der Waals surface area contributed by atoms with Crippen LogP contribution in [0.15, 0.2) is 0 Å². The van der Waals surface area contributed by atoms with E-state index in [-0.39, 0.29) is 12.1 Å². The van der Waals surface area contributed by atoms with Crippen molar-refractivity contribution in [2.45, 2.75) is 32.9 Å². The molecule has 0 aromatic carbocycles. The molecule has 0 unspecified atom stereocenters. The highest BCUT2D eigenvalue weighted by Gasteiger charge is 2.11. The average molecular weight is 117 g/mol. The highest BCUT2D eigenvalue weighted by Crippen LogP contribution is 2.01. The van der Waals surface area contributed by atoms with E-state index in [1.54, 1.807) is 6.92 Å². The Balaban J connectivity index is 3.46. The van der Waals surface area contributed by atoms with Crippen LogP contribution in [0, 0.1) is 5.92 Å². The summed E-state index contributed by atoms with van der Waals surface area (Å²) in [7, 11) is 0. The number of nitrogens with two attached hydrogens (primary N) is 1. The molecule has 2 heteroatoms. The Bertz CT molecular complexity index is 53.5. The van der Waals surface area contributed by atoms with Crippen LogP contribution in [0.25, 0.3) is 0 Å². The fourth-order valence-corrected chi connectivity index (χ4v) is 0.557. The van der Waals surface area contributed by atoms with E-state index < -0.39 is 0 Å². The quantitative estimate of drug-likeness (QED) is 0.548. The van der Waals surface area contributed by atoms with E-state index in [2.05, 4.69) is 0 Å². The van der Waals surface area contributed by atoms with Gasteiger partial charge in [-0.15, -0.1) is 0 Å². The molecule has 2 nitrogen and oxygen atoms in total. The molecule has 0 heterocycles. The fourth-order valence-electron chi connectivity index (χ4n) is 0.557. The molecule has 0 fully saturated rings. The van der Waals surface area contributed by atoms with Gasteiger partial charge in [-0.1, -0.05) is 13.8 Å². The third kappa shape index (κ3) is 2.28. The first-order chi connectivity index (χ1) is 3.55. The van der Waals surface area contributed by atoms with Crippen LogP contribution in [-0.2, 0) is 0 Å². The van der Waals surface area contributed by atoms with Crippen molar-refractivity contribution in [3.05, 3.63) is 0 Å². The standard InChI is InChI=1S/C6H15NO/c1-4(2)6(7)5(3)8/h4-6,8H,7H2,1-3H3/t5-,6+/m0/s1. The number of aliphatic hydroxyl groups is 1. The van der Waals surface area contributed by atoms with Crippen molar-refractivity contribution in [3.63, 3.8) is 0 Å². The van der Waals surface area contributed by atoms with Gasteiger partial charge in [0.15, 0.2) is 0 Å².